The van der Waals surface area contributed by atoms with E-state index in [1.54, 1.807) is 0 Å². The Labute approximate surface area is 63.4 Å². The van der Waals surface area contributed by atoms with Gasteiger partial charge in [-0.05, 0) is 23.8 Å². The number of hydrogen-bond donors (Lipinski definition) is 0. The highest BCUT2D eigenvalue weighted by Crippen LogP contribution is 2.11. The molecule has 0 spiro atoms. The average molecular weight is 146 g/mol. The predicted octanol–water partition coefficient (Wildman–Crippen LogP) is 3.18. The van der Waals surface area contributed by atoms with Crippen molar-refractivity contribution in [3.63, 3.8) is 0 Å². The molecule has 0 aromatic heterocycles. The molecule has 1 heteroatoms. The first-order valence-corrected chi connectivity index (χ1v) is 5.04. The summed E-state index contributed by atoms with van der Waals surface area (Å²) in [5.41, 5.74) is 0. The monoisotopic (exact) mass is 146 g/mol. The van der Waals surface area contributed by atoms with E-state index in [0.29, 0.717) is 0 Å². The highest BCUT2D eigenvalue weighted by atomic mass is 32.2. The summed E-state index contributed by atoms with van der Waals surface area (Å²) in [6.45, 7) is 6.82. The lowest BCUT2D eigenvalue weighted by atomic mass is 10.1. The van der Waals surface area contributed by atoms with Crippen LogP contribution in [0.1, 0.15) is 33.6 Å². The van der Waals surface area contributed by atoms with E-state index in [9.17, 15) is 0 Å². The smallest absolute Gasteiger partial charge is 0.00651 e. The van der Waals surface area contributed by atoms with Crippen LogP contribution in [0.4, 0.5) is 0 Å². The van der Waals surface area contributed by atoms with Crippen molar-refractivity contribution >= 4 is 11.8 Å². The molecule has 0 bridgehead atoms. The summed E-state index contributed by atoms with van der Waals surface area (Å²) in [7, 11) is 0. The van der Waals surface area contributed by atoms with Crippen molar-refractivity contribution in [2.75, 3.05) is 11.5 Å². The third-order valence-corrected chi connectivity index (χ3v) is 2.59. The second-order valence-electron chi connectivity index (χ2n) is 2.50. The Kier molecular flexibility index (Phi) is 6.72. The molecule has 0 N–H and O–H groups in total. The van der Waals surface area contributed by atoms with Gasteiger partial charge in [-0.2, -0.15) is 11.8 Å². The fraction of sp³-hybridized carbons (Fsp3) is 1.00. The Balaban J connectivity index is 2.88. The van der Waals surface area contributed by atoms with Gasteiger partial charge in [0.15, 0.2) is 0 Å². The summed E-state index contributed by atoms with van der Waals surface area (Å²) in [4.78, 5) is 0. The van der Waals surface area contributed by atoms with E-state index < -0.39 is 0 Å². The molecule has 0 fully saturated rings. The fourth-order valence-corrected chi connectivity index (χ4v) is 1.49. The minimum Gasteiger partial charge on any atom is -0.162 e. The summed E-state index contributed by atoms with van der Waals surface area (Å²) >= 11 is 2.05. The summed E-state index contributed by atoms with van der Waals surface area (Å²) in [5.74, 6) is 3.56. The zero-order valence-electron chi connectivity index (χ0n) is 6.81. The van der Waals surface area contributed by atoms with Gasteiger partial charge in [-0.1, -0.05) is 27.2 Å². The van der Waals surface area contributed by atoms with Crippen LogP contribution in [-0.2, 0) is 0 Å². The summed E-state index contributed by atoms with van der Waals surface area (Å²) < 4.78 is 0. The SMILES string of the molecule is CCSCC[C@@H](C)CC. The Morgan fingerprint density at radius 3 is 2.44 bits per heavy atom. The van der Waals surface area contributed by atoms with Crippen molar-refractivity contribution in [1.82, 2.24) is 0 Å². The van der Waals surface area contributed by atoms with Crippen molar-refractivity contribution in [2.24, 2.45) is 5.92 Å². The standard InChI is InChI=1S/C8H18S/c1-4-8(3)6-7-9-5-2/h8H,4-7H2,1-3H3/t8-/m0/s1. The molecule has 9 heavy (non-hydrogen) atoms. The van der Waals surface area contributed by atoms with Gasteiger partial charge in [0.1, 0.15) is 0 Å². The molecule has 0 nitrogen and oxygen atoms in total. The van der Waals surface area contributed by atoms with Crippen molar-refractivity contribution in [3.05, 3.63) is 0 Å². The molecule has 0 aliphatic heterocycles. The maximum absolute atomic E-state index is 2.33. The molecule has 1 atom stereocenters. The lowest BCUT2D eigenvalue weighted by Gasteiger charge is -2.05. The lowest BCUT2D eigenvalue weighted by Crippen LogP contribution is -1.93. The van der Waals surface area contributed by atoms with Gasteiger partial charge in [0.05, 0.1) is 0 Å². The fourth-order valence-electron chi connectivity index (χ4n) is 0.633. The highest BCUT2D eigenvalue weighted by Gasteiger charge is 1.96. The van der Waals surface area contributed by atoms with Crippen LogP contribution < -0.4 is 0 Å². The summed E-state index contributed by atoms with van der Waals surface area (Å²) in [5, 5.41) is 0. The van der Waals surface area contributed by atoms with Gasteiger partial charge >= 0.3 is 0 Å². The molecular formula is C8H18S. The maximum Gasteiger partial charge on any atom is -0.00651 e. The molecule has 0 saturated carbocycles. The predicted molar refractivity (Wildman–Crippen MR) is 47.1 cm³/mol. The largest absolute Gasteiger partial charge is 0.162 e. The number of thioether (sulfide) groups is 1. The second-order valence-corrected chi connectivity index (χ2v) is 3.89. The third kappa shape index (κ3) is 6.23. The Hall–Kier alpha value is 0.350. The zero-order chi connectivity index (χ0) is 7.11. The van der Waals surface area contributed by atoms with Gasteiger partial charge < -0.3 is 0 Å². The second kappa shape index (κ2) is 6.47. The molecule has 0 aliphatic rings. The van der Waals surface area contributed by atoms with Crippen LogP contribution in [0.2, 0.25) is 0 Å². The van der Waals surface area contributed by atoms with Crippen LogP contribution in [0.3, 0.4) is 0 Å². The van der Waals surface area contributed by atoms with Crippen LogP contribution in [0, 0.1) is 5.92 Å². The van der Waals surface area contributed by atoms with Crippen LogP contribution in [-0.4, -0.2) is 11.5 Å². The molecule has 0 aliphatic carbocycles. The van der Waals surface area contributed by atoms with E-state index in [4.69, 9.17) is 0 Å². The van der Waals surface area contributed by atoms with Gasteiger partial charge in [-0.3, -0.25) is 0 Å². The molecule has 0 heterocycles. The molecule has 56 valence electrons. The Bertz CT molecular complexity index is 52.5. The van der Waals surface area contributed by atoms with E-state index in [-0.39, 0.29) is 0 Å². The zero-order valence-corrected chi connectivity index (χ0v) is 7.63. The van der Waals surface area contributed by atoms with E-state index in [0.717, 1.165) is 5.92 Å². The van der Waals surface area contributed by atoms with Crippen LogP contribution in [0.5, 0.6) is 0 Å². The van der Waals surface area contributed by atoms with Gasteiger partial charge in [0, 0.05) is 0 Å². The molecule has 0 aromatic carbocycles. The topological polar surface area (TPSA) is 0 Å². The van der Waals surface area contributed by atoms with E-state index in [1.165, 1.54) is 24.3 Å². The van der Waals surface area contributed by atoms with Crippen LogP contribution in [0.25, 0.3) is 0 Å². The molecule has 0 amide bonds. The molecule has 0 radical (unpaired) electrons. The van der Waals surface area contributed by atoms with E-state index >= 15 is 0 Å². The first-order chi connectivity index (χ1) is 4.31. The molecular weight excluding hydrogens is 128 g/mol. The van der Waals surface area contributed by atoms with Gasteiger partial charge in [0.25, 0.3) is 0 Å². The lowest BCUT2D eigenvalue weighted by molar-refractivity contribution is 0.549. The van der Waals surface area contributed by atoms with Crippen LogP contribution in [0.15, 0.2) is 0 Å². The number of hydrogen-bond acceptors (Lipinski definition) is 1. The minimum atomic E-state index is 0.934. The Morgan fingerprint density at radius 2 is 2.00 bits per heavy atom. The van der Waals surface area contributed by atoms with Gasteiger partial charge in [0.2, 0.25) is 0 Å². The molecule has 0 saturated heterocycles. The van der Waals surface area contributed by atoms with E-state index in [2.05, 4.69) is 32.5 Å². The summed E-state index contributed by atoms with van der Waals surface area (Å²) in [6.07, 6.45) is 2.74. The molecule has 0 aromatic rings. The quantitative estimate of drug-likeness (QED) is 0.537. The molecule has 0 unspecified atom stereocenters. The van der Waals surface area contributed by atoms with Crippen LogP contribution >= 0.6 is 11.8 Å². The van der Waals surface area contributed by atoms with Gasteiger partial charge in [-0.15, -0.1) is 0 Å². The highest BCUT2D eigenvalue weighted by molar-refractivity contribution is 7.99. The van der Waals surface area contributed by atoms with Crippen molar-refractivity contribution in [1.29, 1.82) is 0 Å². The van der Waals surface area contributed by atoms with Gasteiger partial charge in [-0.25, -0.2) is 0 Å². The normalized spacial score (nSPS) is 13.7. The minimum absolute atomic E-state index is 0.934. The Morgan fingerprint density at radius 1 is 1.33 bits per heavy atom. The molecule has 0 rings (SSSR count). The first kappa shape index (κ1) is 9.35. The van der Waals surface area contributed by atoms with Crippen molar-refractivity contribution in [2.45, 2.75) is 33.6 Å². The van der Waals surface area contributed by atoms with Crippen molar-refractivity contribution < 1.29 is 0 Å². The number of rotatable bonds is 5. The third-order valence-electron chi connectivity index (χ3n) is 1.66. The average Bonchev–Trinajstić information content (AvgIpc) is 1.89. The summed E-state index contributed by atoms with van der Waals surface area (Å²) in [6, 6.07) is 0. The van der Waals surface area contributed by atoms with E-state index in [1.807, 2.05) is 0 Å². The maximum atomic E-state index is 2.33. The van der Waals surface area contributed by atoms with Crippen molar-refractivity contribution in [3.8, 4) is 0 Å². The first-order valence-electron chi connectivity index (χ1n) is 3.89.